The SMILES string of the molecule is [Y].[Y].[Y].[Y].[Y].[Y].[Y].[Y].[Y].[Y].[Y].[Y].[Y].[Y].[Y].[Y].[Y].[Y].[Y].[Y].[Y].[Y].[Y].[Y].[Y].[Y].[Y].[Y].[Y].[Y].[Y].[Y].[Y].[Y].[Y].[Y].[Y].[Y].[Y].[Y].[Y].[Y].[Y].[c-]1ccccc1N=N/C=C\O[CH-]O/C=C\N=Nc1[c-]cccc1. The van der Waals surface area contributed by atoms with E-state index in [0.717, 1.165) is 6.79 Å². The minimum atomic E-state index is 0. The zero-order valence-electron chi connectivity index (χ0n) is 36.9. The number of rotatable bonds is 8. The first-order chi connectivity index (χ1) is 11.4. The molecule has 2 rings (SSSR count). The van der Waals surface area contributed by atoms with Crippen LogP contribution in [0.15, 0.2) is 93.9 Å². The molecular formula is C17H13N4O2Y43-3. The molecule has 0 spiro atoms. The van der Waals surface area contributed by atoms with Crippen LogP contribution in [0, 0.1) is 18.9 Å². The third-order valence-electron chi connectivity index (χ3n) is 2.24. The summed E-state index contributed by atoms with van der Waals surface area (Å²) in [4.78, 5) is 0. The Balaban J connectivity index is -0.00000000335. The first-order valence-corrected chi connectivity index (χ1v) is 6.63. The molecule has 2 aromatic carbocycles. The fraction of sp³-hybridized carbons (Fsp3) is 0. The van der Waals surface area contributed by atoms with Crippen LogP contribution in [0.2, 0.25) is 0 Å². The van der Waals surface area contributed by atoms with Gasteiger partial charge in [-0.3, -0.25) is 0 Å². The fourth-order valence-corrected chi connectivity index (χ4v) is 1.30. The summed E-state index contributed by atoms with van der Waals surface area (Å²) >= 11 is 0. The molecule has 0 heterocycles. The summed E-state index contributed by atoms with van der Waals surface area (Å²) in [7, 11) is 0. The Bertz CT molecular complexity index is 670. The zero-order valence-corrected chi connectivity index (χ0v) is 159. The zero-order chi connectivity index (χ0) is 16.0. The predicted octanol–water partition coefficient (Wildman–Crippen LogP) is 5.14. The summed E-state index contributed by atoms with van der Waals surface area (Å²) in [6.07, 6.45) is 5.41. The summed E-state index contributed by atoms with van der Waals surface area (Å²) in [5.41, 5.74) is 1.28. The van der Waals surface area contributed by atoms with Gasteiger partial charge in [-0.05, 0) is 11.4 Å². The molecule has 0 unspecified atom stereocenters. The summed E-state index contributed by atoms with van der Waals surface area (Å²) in [6, 6.07) is 20.3. The molecule has 2 aromatic rings. The predicted molar refractivity (Wildman–Crippen MR) is 84.3 cm³/mol. The van der Waals surface area contributed by atoms with Crippen LogP contribution in [-0.4, -0.2) is 0 Å². The van der Waals surface area contributed by atoms with E-state index in [2.05, 4.69) is 32.6 Å². The van der Waals surface area contributed by atoms with Crippen molar-refractivity contribution in [1.29, 1.82) is 0 Å². The van der Waals surface area contributed by atoms with Crippen LogP contribution in [0.4, 0.5) is 11.4 Å². The van der Waals surface area contributed by atoms with E-state index in [4.69, 9.17) is 9.47 Å². The topological polar surface area (TPSA) is 67.9 Å². The van der Waals surface area contributed by atoms with Crippen molar-refractivity contribution in [1.82, 2.24) is 0 Å². The first-order valence-electron chi connectivity index (χ1n) is 6.63. The molecule has 49 heteroatoms. The Morgan fingerprint density at radius 3 is 0.621 bits per heavy atom. The van der Waals surface area contributed by atoms with Crippen molar-refractivity contribution in [3.05, 3.63) is 92.4 Å². The van der Waals surface area contributed by atoms with E-state index in [0.29, 0.717) is 11.4 Å². The second kappa shape index (κ2) is 252. The van der Waals surface area contributed by atoms with E-state index in [9.17, 15) is 0 Å². The molecule has 66 heavy (non-hydrogen) atoms. The maximum absolute atomic E-state index is 4.92. The quantitative estimate of drug-likeness (QED) is 0.159. The van der Waals surface area contributed by atoms with Crippen molar-refractivity contribution in [3.63, 3.8) is 0 Å². The number of benzene rings is 2. The molecule has 0 fully saturated rings. The van der Waals surface area contributed by atoms with Gasteiger partial charge in [-0.25, -0.2) is 0 Å². The standard InChI is InChI=1S/C17H13N4O2.43Y/c1-3-7-16(8-4-1)20-18-11-13-22-15-23-14-12-19-21-17-9-5-2-6-10-17;;;;;;;;;;;;;;;;;;;;;;;;;;;;;;;;;;;;;;;;;;;/h1-7,9,11-15H;;;;;;;;;;;;;;;;;;;;;;;;;;;;;;;;;;;;;;;;;;;/q-3;;;;;;;;;;;;;;;;;;;;;;;;;;;;;;;;;;;;;;;;;;;/b13-11-,14-12-,20-18?,21-19?;;;;;;;;;;;;;;;;;;;;;;;;;;;;;;;;;;;;;;;;;;;. The van der Waals surface area contributed by atoms with Gasteiger partial charge >= 0.3 is 0 Å². The Hall–Kier alpha value is 44.2. The summed E-state index contributed by atoms with van der Waals surface area (Å²) in [5.74, 6) is 0. The molecule has 0 aliphatic carbocycles. The maximum Gasteiger partial charge on any atom is 0.0810 e. The molecule has 0 atom stereocenters. The third-order valence-corrected chi connectivity index (χ3v) is 2.24. The largest absolute Gasteiger partial charge is 0.627 e. The summed E-state index contributed by atoms with van der Waals surface area (Å²) in [5, 5.41) is 15.4. The number of ether oxygens (including phenoxy) is 2. The number of azo groups is 2. The van der Waals surface area contributed by atoms with Gasteiger partial charge in [0.1, 0.15) is 0 Å². The van der Waals surface area contributed by atoms with Crippen molar-refractivity contribution in [2.75, 3.05) is 0 Å². The average Bonchev–Trinajstić information content (AvgIpc) is 2.61. The first kappa shape index (κ1) is 283. The normalized spacial score (nSPS) is 4.12. The van der Waals surface area contributed by atoms with Crippen molar-refractivity contribution in [3.8, 4) is 0 Å². The molecule has 0 aliphatic rings. The van der Waals surface area contributed by atoms with Gasteiger partial charge in [0.05, 0.1) is 24.9 Å². The molecule has 43 radical (unpaired) electrons. The van der Waals surface area contributed by atoms with Crippen molar-refractivity contribution < 1.29 is 1420 Å². The summed E-state index contributed by atoms with van der Waals surface area (Å²) in [6.45, 7) is 1.11. The van der Waals surface area contributed by atoms with E-state index >= 15 is 0 Å². The van der Waals surface area contributed by atoms with Gasteiger partial charge < -0.3 is 9.47 Å². The van der Waals surface area contributed by atoms with E-state index in [-0.39, 0.29) is 1410 Å². The van der Waals surface area contributed by atoms with E-state index in [1.807, 2.05) is 24.3 Å². The van der Waals surface area contributed by atoms with Crippen molar-refractivity contribution in [2.45, 2.75) is 0 Å². The Morgan fingerprint density at radius 2 is 0.470 bits per heavy atom. The number of hydrogen-bond donors (Lipinski definition) is 0. The smallest absolute Gasteiger partial charge is 0.0810 e. The molecule has 0 amide bonds. The van der Waals surface area contributed by atoms with Crippen LogP contribution >= 0.6 is 0 Å². The Kier molecular flexibility index (Phi) is 1080. The Labute approximate surface area is 1480 Å². The molecule has 245 valence electrons. The van der Waals surface area contributed by atoms with Gasteiger partial charge in [-0.1, -0.05) is 0 Å². The molecular weight excluding hydrogens is 4120 g/mol. The minimum Gasteiger partial charge on any atom is -0.627 e. The molecule has 0 aromatic heterocycles. The van der Waals surface area contributed by atoms with Crippen molar-refractivity contribution >= 4 is 11.4 Å². The number of hydrogen-bond acceptors (Lipinski definition) is 6. The van der Waals surface area contributed by atoms with Gasteiger partial charge in [0.25, 0.3) is 0 Å². The summed E-state index contributed by atoms with van der Waals surface area (Å²) < 4.78 is 9.83. The van der Waals surface area contributed by atoms with Crippen LogP contribution in [0.25, 0.3) is 0 Å². The van der Waals surface area contributed by atoms with Crippen LogP contribution in [-0.2, 0) is 1420 Å². The second-order valence-electron chi connectivity index (χ2n) is 3.87. The second-order valence-corrected chi connectivity index (χ2v) is 3.87. The van der Waals surface area contributed by atoms with Crippen LogP contribution < -0.4 is 0 Å². The van der Waals surface area contributed by atoms with Crippen LogP contribution in [0.5, 0.6) is 0 Å². The molecule has 0 saturated heterocycles. The average molecular weight is 4130 g/mol. The Morgan fingerprint density at radius 1 is 0.288 bits per heavy atom. The maximum atomic E-state index is 4.92. The van der Waals surface area contributed by atoms with Gasteiger partial charge in [-0.2, -0.15) is 69.0 Å². The van der Waals surface area contributed by atoms with Gasteiger partial charge in [0.15, 0.2) is 0 Å². The minimum absolute atomic E-state index is 0. The van der Waals surface area contributed by atoms with Gasteiger partial charge in [0.2, 0.25) is 0 Å². The monoisotopic (exact) mass is 4130 g/mol. The van der Waals surface area contributed by atoms with Gasteiger partial charge in [-0.15, -0.1) is 12.1 Å². The molecule has 6 nitrogen and oxygen atoms in total. The van der Waals surface area contributed by atoms with Crippen LogP contribution in [0.1, 0.15) is 0 Å². The van der Waals surface area contributed by atoms with E-state index in [1.54, 1.807) is 24.3 Å². The fourth-order valence-electron chi connectivity index (χ4n) is 1.30. The third kappa shape index (κ3) is 226. The van der Waals surface area contributed by atoms with E-state index in [1.165, 1.54) is 24.9 Å². The van der Waals surface area contributed by atoms with Gasteiger partial charge in [0, 0.05) is 1410 Å². The molecule has 0 aliphatic heterocycles. The number of nitrogens with zero attached hydrogens (tertiary/aromatic N) is 4. The molecule has 0 N–H and O–H groups in total. The molecule has 0 saturated carbocycles. The van der Waals surface area contributed by atoms with Crippen molar-refractivity contribution in [2.24, 2.45) is 20.5 Å². The molecule has 0 bridgehead atoms. The van der Waals surface area contributed by atoms with E-state index < -0.39 is 0 Å². The van der Waals surface area contributed by atoms with Crippen LogP contribution in [0.3, 0.4) is 0 Å².